The Morgan fingerprint density at radius 2 is 1.86 bits per heavy atom. The molecule has 3 aromatic rings. The molecule has 29 heavy (non-hydrogen) atoms. The van der Waals surface area contributed by atoms with E-state index in [9.17, 15) is 14.7 Å². The molecule has 1 aromatic carbocycles. The molecule has 150 valence electrons. The largest absolute Gasteiger partial charge is 0.481 e. The van der Waals surface area contributed by atoms with Crippen LogP contribution in [0.1, 0.15) is 54.7 Å². The summed E-state index contributed by atoms with van der Waals surface area (Å²) >= 11 is 0. The van der Waals surface area contributed by atoms with E-state index in [1.54, 1.807) is 12.1 Å². The molecule has 0 saturated carbocycles. The third kappa shape index (κ3) is 5.04. The fourth-order valence-electron chi connectivity index (χ4n) is 2.87. The number of hydrogen-bond acceptors (Lipinski definition) is 5. The van der Waals surface area contributed by atoms with Gasteiger partial charge in [0.25, 0.3) is 5.91 Å². The Balaban J connectivity index is 1.77. The van der Waals surface area contributed by atoms with Crippen LogP contribution >= 0.6 is 0 Å². The maximum Gasteiger partial charge on any atom is 0.305 e. The summed E-state index contributed by atoms with van der Waals surface area (Å²) in [6.45, 7) is 6.32. The summed E-state index contributed by atoms with van der Waals surface area (Å²) in [5.74, 6) is -0.859. The first-order valence-electron chi connectivity index (χ1n) is 9.18. The number of carbonyl (C=O) groups is 2. The molecule has 3 rings (SSSR count). The van der Waals surface area contributed by atoms with Crippen LogP contribution in [0.2, 0.25) is 0 Å². The van der Waals surface area contributed by atoms with Crippen molar-refractivity contribution in [1.29, 1.82) is 0 Å². The molecule has 0 fully saturated rings. The van der Waals surface area contributed by atoms with Crippen molar-refractivity contribution in [3.63, 3.8) is 0 Å². The molecule has 0 aliphatic rings. The normalized spacial score (nSPS) is 12.4. The fraction of sp³-hybridized carbons (Fsp3) is 0.286. The number of pyridine rings is 1. The lowest BCUT2D eigenvalue weighted by Gasteiger charge is -2.22. The minimum absolute atomic E-state index is 0.0123. The molecule has 1 atom stereocenters. The minimum atomic E-state index is -0.991. The molecule has 0 radical (unpaired) electrons. The van der Waals surface area contributed by atoms with Crippen molar-refractivity contribution in [2.45, 2.75) is 38.6 Å². The number of aromatic nitrogens is 4. The summed E-state index contributed by atoms with van der Waals surface area (Å²) in [5.41, 5.74) is 2.19. The molecule has 0 bridgehead atoms. The third-order valence-electron chi connectivity index (χ3n) is 4.53. The Labute approximate surface area is 168 Å². The Morgan fingerprint density at radius 1 is 1.14 bits per heavy atom. The van der Waals surface area contributed by atoms with Crippen LogP contribution in [0.3, 0.4) is 0 Å². The number of hydrogen-bond donors (Lipinski definition) is 2. The SMILES string of the molecule is CC(C)(C)c1ccc(C(CC(=O)O)NC(=O)c2ccc(-n3cncn3)nc2)cc1. The molecule has 8 heteroatoms. The van der Waals surface area contributed by atoms with Gasteiger partial charge >= 0.3 is 5.97 Å². The molecule has 2 heterocycles. The van der Waals surface area contributed by atoms with E-state index in [1.165, 1.54) is 23.5 Å². The minimum Gasteiger partial charge on any atom is -0.481 e. The molecule has 0 aliphatic carbocycles. The highest BCUT2D eigenvalue weighted by Gasteiger charge is 2.20. The first kappa shape index (κ1) is 20.2. The number of carboxylic acids is 1. The number of benzene rings is 1. The molecular formula is C21H23N5O3. The van der Waals surface area contributed by atoms with E-state index in [4.69, 9.17) is 0 Å². The van der Waals surface area contributed by atoms with Gasteiger partial charge in [-0.15, -0.1) is 0 Å². The van der Waals surface area contributed by atoms with Crippen molar-refractivity contribution in [3.8, 4) is 5.82 Å². The number of nitrogens with one attached hydrogen (secondary N) is 1. The summed E-state index contributed by atoms with van der Waals surface area (Å²) in [6.07, 6.45) is 4.11. The molecule has 2 aromatic heterocycles. The molecule has 8 nitrogen and oxygen atoms in total. The van der Waals surface area contributed by atoms with Gasteiger partial charge in [0.05, 0.1) is 18.0 Å². The zero-order valence-corrected chi connectivity index (χ0v) is 16.5. The Kier molecular flexibility index (Phi) is 5.72. The van der Waals surface area contributed by atoms with Crippen LogP contribution in [-0.2, 0) is 10.2 Å². The van der Waals surface area contributed by atoms with Crippen LogP contribution in [0.15, 0.2) is 55.2 Å². The van der Waals surface area contributed by atoms with Crippen molar-refractivity contribution in [1.82, 2.24) is 25.1 Å². The van der Waals surface area contributed by atoms with E-state index in [-0.39, 0.29) is 11.8 Å². The molecule has 1 unspecified atom stereocenters. The lowest BCUT2D eigenvalue weighted by Crippen LogP contribution is -2.30. The van der Waals surface area contributed by atoms with Gasteiger partial charge in [-0.3, -0.25) is 9.59 Å². The van der Waals surface area contributed by atoms with Gasteiger partial charge in [0, 0.05) is 6.20 Å². The smallest absolute Gasteiger partial charge is 0.305 e. The van der Waals surface area contributed by atoms with Gasteiger partial charge in [0.1, 0.15) is 12.7 Å². The predicted molar refractivity (Wildman–Crippen MR) is 107 cm³/mol. The van der Waals surface area contributed by atoms with E-state index < -0.39 is 17.9 Å². The van der Waals surface area contributed by atoms with Crippen molar-refractivity contribution >= 4 is 11.9 Å². The predicted octanol–water partition coefficient (Wildman–Crippen LogP) is 2.91. The van der Waals surface area contributed by atoms with Gasteiger partial charge in [-0.05, 0) is 28.7 Å². The van der Waals surface area contributed by atoms with Crippen LogP contribution in [0, 0.1) is 0 Å². The number of nitrogens with zero attached hydrogens (tertiary/aromatic N) is 4. The molecule has 1 amide bonds. The number of aliphatic carboxylic acids is 1. The number of carboxylic acid groups (broad SMARTS) is 1. The zero-order chi connectivity index (χ0) is 21.0. The second-order valence-electron chi connectivity index (χ2n) is 7.74. The van der Waals surface area contributed by atoms with E-state index >= 15 is 0 Å². The first-order valence-corrected chi connectivity index (χ1v) is 9.18. The van der Waals surface area contributed by atoms with Crippen LogP contribution in [0.25, 0.3) is 5.82 Å². The van der Waals surface area contributed by atoms with Gasteiger partial charge in [0.15, 0.2) is 5.82 Å². The van der Waals surface area contributed by atoms with Crippen molar-refractivity contribution in [2.24, 2.45) is 0 Å². The lowest BCUT2D eigenvalue weighted by molar-refractivity contribution is -0.137. The fourth-order valence-corrected chi connectivity index (χ4v) is 2.87. The van der Waals surface area contributed by atoms with E-state index in [1.807, 2.05) is 24.3 Å². The summed E-state index contributed by atoms with van der Waals surface area (Å²) in [4.78, 5) is 32.0. The highest BCUT2D eigenvalue weighted by molar-refractivity contribution is 5.94. The molecule has 0 spiro atoms. The maximum absolute atomic E-state index is 12.7. The molecule has 0 aliphatic heterocycles. The Morgan fingerprint density at radius 3 is 2.38 bits per heavy atom. The highest BCUT2D eigenvalue weighted by atomic mass is 16.4. The lowest BCUT2D eigenvalue weighted by atomic mass is 9.86. The average Bonchev–Trinajstić information content (AvgIpc) is 3.21. The summed E-state index contributed by atoms with van der Waals surface area (Å²) in [5, 5.41) is 16.1. The van der Waals surface area contributed by atoms with Crippen molar-refractivity contribution in [2.75, 3.05) is 0 Å². The number of rotatable bonds is 6. The third-order valence-corrected chi connectivity index (χ3v) is 4.53. The second-order valence-corrected chi connectivity index (χ2v) is 7.74. The van der Waals surface area contributed by atoms with E-state index in [2.05, 4.69) is 41.2 Å². The standard InChI is InChI=1S/C21H23N5O3/c1-21(2,3)16-7-4-14(5-8-16)17(10-19(27)28)25-20(29)15-6-9-18(23-11-15)26-13-22-12-24-26/h4-9,11-13,17H,10H2,1-3H3,(H,25,29)(H,27,28). The zero-order valence-electron chi connectivity index (χ0n) is 16.5. The van der Waals surface area contributed by atoms with Crippen LogP contribution in [0.4, 0.5) is 0 Å². The first-order chi connectivity index (χ1) is 13.7. The summed E-state index contributed by atoms with van der Waals surface area (Å²) < 4.78 is 1.48. The average molecular weight is 393 g/mol. The maximum atomic E-state index is 12.7. The molecule has 2 N–H and O–H groups in total. The number of amides is 1. The Hall–Kier alpha value is -3.55. The molecular weight excluding hydrogens is 370 g/mol. The van der Waals surface area contributed by atoms with Gasteiger partial charge < -0.3 is 10.4 Å². The highest BCUT2D eigenvalue weighted by Crippen LogP contribution is 2.25. The number of carbonyl (C=O) groups excluding carboxylic acids is 1. The topological polar surface area (TPSA) is 110 Å². The summed E-state index contributed by atoms with van der Waals surface area (Å²) in [6, 6.07) is 10.3. The van der Waals surface area contributed by atoms with Gasteiger partial charge in [-0.2, -0.15) is 5.10 Å². The van der Waals surface area contributed by atoms with Crippen molar-refractivity contribution < 1.29 is 14.7 Å². The quantitative estimate of drug-likeness (QED) is 0.666. The van der Waals surface area contributed by atoms with E-state index in [0.29, 0.717) is 11.4 Å². The van der Waals surface area contributed by atoms with Crippen molar-refractivity contribution in [3.05, 3.63) is 71.9 Å². The van der Waals surface area contributed by atoms with Gasteiger partial charge in [-0.1, -0.05) is 45.0 Å². The van der Waals surface area contributed by atoms with Crippen LogP contribution in [-0.4, -0.2) is 36.7 Å². The summed E-state index contributed by atoms with van der Waals surface area (Å²) in [7, 11) is 0. The van der Waals surface area contributed by atoms with Crippen LogP contribution < -0.4 is 5.32 Å². The van der Waals surface area contributed by atoms with Gasteiger partial charge in [0.2, 0.25) is 0 Å². The Bertz CT molecular complexity index is 975. The second kappa shape index (κ2) is 8.22. The monoisotopic (exact) mass is 393 g/mol. The molecule has 0 saturated heterocycles. The van der Waals surface area contributed by atoms with E-state index in [0.717, 1.165) is 11.1 Å². The van der Waals surface area contributed by atoms with Crippen LogP contribution in [0.5, 0.6) is 0 Å². The van der Waals surface area contributed by atoms with Gasteiger partial charge in [-0.25, -0.2) is 14.6 Å².